The van der Waals surface area contributed by atoms with Crippen LogP contribution in [0.5, 0.6) is 0 Å². The molecular weight excluding hydrogens is 348 g/mol. The van der Waals surface area contributed by atoms with Crippen LogP contribution in [0.4, 0.5) is 11.5 Å². The third-order valence-corrected chi connectivity index (χ3v) is 4.25. The van der Waals surface area contributed by atoms with E-state index in [0.29, 0.717) is 22.1 Å². The van der Waals surface area contributed by atoms with Gasteiger partial charge in [-0.3, -0.25) is 0 Å². The number of aryl methyl sites for hydroxylation is 1. The summed E-state index contributed by atoms with van der Waals surface area (Å²) < 4.78 is 1.75. The number of halogens is 1. The number of hydrogen-bond donors (Lipinski definition) is 1. The maximum absolute atomic E-state index is 9.05. The third-order valence-electron chi connectivity index (χ3n) is 4.02. The minimum Gasteiger partial charge on any atom is -0.339 e. The highest BCUT2D eigenvalue weighted by Gasteiger charge is 2.13. The van der Waals surface area contributed by atoms with Crippen LogP contribution in [0.1, 0.15) is 11.1 Å². The van der Waals surface area contributed by atoms with Crippen molar-refractivity contribution in [3.05, 3.63) is 71.1 Å². The number of aromatic nitrogens is 4. The van der Waals surface area contributed by atoms with Gasteiger partial charge in [-0.05, 0) is 42.8 Å². The molecular formula is C19H13ClN6. The van der Waals surface area contributed by atoms with Crippen molar-refractivity contribution in [2.24, 2.45) is 0 Å². The maximum atomic E-state index is 9.05. The monoisotopic (exact) mass is 360 g/mol. The van der Waals surface area contributed by atoms with Crippen LogP contribution < -0.4 is 5.32 Å². The highest BCUT2D eigenvalue weighted by Crippen LogP contribution is 2.27. The molecule has 2 heterocycles. The molecule has 0 bridgehead atoms. The van der Waals surface area contributed by atoms with E-state index >= 15 is 0 Å². The van der Waals surface area contributed by atoms with Gasteiger partial charge in [-0.1, -0.05) is 23.7 Å². The van der Waals surface area contributed by atoms with Crippen LogP contribution in [0.15, 0.2) is 55.0 Å². The molecule has 0 saturated heterocycles. The second-order valence-corrected chi connectivity index (χ2v) is 6.20. The van der Waals surface area contributed by atoms with Crippen LogP contribution in [0.25, 0.3) is 16.7 Å². The summed E-state index contributed by atoms with van der Waals surface area (Å²) in [7, 11) is 0. The van der Waals surface area contributed by atoms with E-state index in [1.807, 2.05) is 37.3 Å². The lowest BCUT2D eigenvalue weighted by molar-refractivity contribution is 0.887. The predicted octanol–water partition coefficient (Wildman–Crippen LogP) is 4.39. The molecule has 0 atom stereocenters. The number of benzene rings is 2. The van der Waals surface area contributed by atoms with Gasteiger partial charge >= 0.3 is 0 Å². The lowest BCUT2D eigenvalue weighted by Gasteiger charge is -2.09. The van der Waals surface area contributed by atoms with E-state index < -0.39 is 0 Å². The van der Waals surface area contributed by atoms with E-state index in [4.69, 9.17) is 16.9 Å². The number of anilines is 2. The summed E-state index contributed by atoms with van der Waals surface area (Å²) >= 11 is 6.14. The molecule has 6 nitrogen and oxygen atoms in total. The number of hydrogen-bond acceptors (Lipinski definition) is 5. The van der Waals surface area contributed by atoms with Crippen LogP contribution >= 0.6 is 11.6 Å². The smallest absolute Gasteiger partial charge is 0.168 e. The van der Waals surface area contributed by atoms with Gasteiger partial charge in [0.25, 0.3) is 0 Å². The van der Waals surface area contributed by atoms with Gasteiger partial charge in [-0.15, -0.1) is 0 Å². The fraction of sp³-hybridized carbons (Fsp3) is 0.0526. The fourth-order valence-corrected chi connectivity index (χ4v) is 2.90. The van der Waals surface area contributed by atoms with Gasteiger partial charge in [0.2, 0.25) is 0 Å². The molecule has 0 radical (unpaired) electrons. The summed E-state index contributed by atoms with van der Waals surface area (Å²) in [5.74, 6) is 0.621. The highest BCUT2D eigenvalue weighted by molar-refractivity contribution is 6.30. The van der Waals surface area contributed by atoms with Crippen molar-refractivity contribution in [3.8, 4) is 11.8 Å². The molecule has 0 unspecified atom stereocenters. The zero-order valence-corrected chi connectivity index (χ0v) is 14.6. The van der Waals surface area contributed by atoms with Gasteiger partial charge in [0.1, 0.15) is 12.1 Å². The Morgan fingerprint density at radius 3 is 2.88 bits per heavy atom. The lowest BCUT2D eigenvalue weighted by Crippen LogP contribution is -2.01. The molecule has 4 rings (SSSR count). The first-order valence-corrected chi connectivity index (χ1v) is 8.26. The Balaban J connectivity index is 1.80. The van der Waals surface area contributed by atoms with E-state index in [2.05, 4.69) is 26.5 Å². The average Bonchev–Trinajstić information content (AvgIpc) is 3.09. The molecule has 126 valence electrons. The van der Waals surface area contributed by atoms with Crippen molar-refractivity contribution in [1.82, 2.24) is 19.7 Å². The first-order valence-electron chi connectivity index (χ1n) is 7.88. The number of rotatable bonds is 3. The van der Waals surface area contributed by atoms with Crippen molar-refractivity contribution in [3.63, 3.8) is 0 Å². The highest BCUT2D eigenvalue weighted by atomic mass is 35.5. The van der Waals surface area contributed by atoms with E-state index in [9.17, 15) is 0 Å². The molecule has 2 aromatic heterocycles. The normalized spacial score (nSPS) is 10.7. The van der Waals surface area contributed by atoms with Crippen LogP contribution in [0.2, 0.25) is 5.02 Å². The maximum Gasteiger partial charge on any atom is 0.168 e. The number of nitrogens with one attached hydrogen (secondary N) is 1. The molecule has 0 aliphatic carbocycles. The predicted molar refractivity (Wildman–Crippen MR) is 101 cm³/mol. The molecule has 0 aliphatic rings. The number of nitrogens with zero attached hydrogens (tertiary/aromatic N) is 5. The Morgan fingerprint density at radius 2 is 2.04 bits per heavy atom. The van der Waals surface area contributed by atoms with Gasteiger partial charge in [-0.2, -0.15) is 10.4 Å². The Bertz CT molecular complexity index is 1160. The van der Waals surface area contributed by atoms with Gasteiger partial charge in [0.05, 0.1) is 28.9 Å². The van der Waals surface area contributed by atoms with E-state index in [-0.39, 0.29) is 0 Å². The van der Waals surface area contributed by atoms with Crippen molar-refractivity contribution in [2.45, 2.75) is 6.92 Å². The molecule has 2 aromatic carbocycles. The van der Waals surface area contributed by atoms with Crippen LogP contribution in [-0.4, -0.2) is 19.7 Å². The third kappa shape index (κ3) is 2.85. The molecule has 0 spiro atoms. The average molecular weight is 361 g/mol. The van der Waals surface area contributed by atoms with Gasteiger partial charge in [0.15, 0.2) is 5.65 Å². The van der Waals surface area contributed by atoms with Crippen molar-refractivity contribution >= 4 is 34.1 Å². The minimum absolute atomic E-state index is 0.575. The molecule has 0 fully saturated rings. The van der Waals surface area contributed by atoms with Crippen molar-refractivity contribution < 1.29 is 0 Å². The first kappa shape index (κ1) is 16.1. The molecule has 0 aliphatic heterocycles. The van der Waals surface area contributed by atoms with Gasteiger partial charge in [-0.25, -0.2) is 14.6 Å². The summed E-state index contributed by atoms with van der Waals surface area (Å²) in [5.41, 5.74) is 3.92. The van der Waals surface area contributed by atoms with E-state index in [0.717, 1.165) is 22.3 Å². The summed E-state index contributed by atoms with van der Waals surface area (Å²) in [6, 6.07) is 15.0. The second kappa shape index (κ2) is 6.47. The SMILES string of the molecule is Cc1ccc(Cl)cc1-n1ncc2c(Nc3cccc(C#N)c3)ncnc21. The Hall–Kier alpha value is -3.43. The quantitative estimate of drug-likeness (QED) is 0.586. The Labute approximate surface area is 154 Å². The second-order valence-electron chi connectivity index (χ2n) is 5.76. The zero-order chi connectivity index (χ0) is 18.1. The number of fused-ring (bicyclic) bond motifs is 1. The Kier molecular flexibility index (Phi) is 3.99. The van der Waals surface area contributed by atoms with Crippen molar-refractivity contribution in [2.75, 3.05) is 5.32 Å². The Morgan fingerprint density at radius 1 is 1.15 bits per heavy atom. The summed E-state index contributed by atoms with van der Waals surface area (Å²) in [6.45, 7) is 1.99. The molecule has 0 amide bonds. The molecule has 0 saturated carbocycles. The number of nitriles is 1. The molecule has 1 N–H and O–H groups in total. The standard InChI is InChI=1S/C19H13ClN6/c1-12-5-6-14(20)8-17(12)26-19-16(10-24-26)18(22-11-23-19)25-15-4-2-3-13(7-15)9-21/h2-8,10-11H,1H3,(H,22,23,25). The summed E-state index contributed by atoms with van der Waals surface area (Å²) in [6.07, 6.45) is 3.20. The van der Waals surface area contributed by atoms with Gasteiger partial charge in [0, 0.05) is 10.7 Å². The summed E-state index contributed by atoms with van der Waals surface area (Å²) in [5, 5.41) is 18.2. The molecule has 4 aromatic rings. The van der Waals surface area contributed by atoms with Crippen LogP contribution in [-0.2, 0) is 0 Å². The topological polar surface area (TPSA) is 79.4 Å². The zero-order valence-electron chi connectivity index (χ0n) is 13.8. The molecule has 7 heteroatoms. The van der Waals surface area contributed by atoms with Crippen molar-refractivity contribution in [1.29, 1.82) is 5.26 Å². The van der Waals surface area contributed by atoms with E-state index in [1.54, 1.807) is 23.0 Å². The van der Waals surface area contributed by atoms with E-state index in [1.165, 1.54) is 6.33 Å². The lowest BCUT2D eigenvalue weighted by atomic mass is 10.2. The van der Waals surface area contributed by atoms with Crippen LogP contribution in [0, 0.1) is 18.3 Å². The largest absolute Gasteiger partial charge is 0.339 e. The van der Waals surface area contributed by atoms with Crippen LogP contribution in [0.3, 0.4) is 0 Å². The summed E-state index contributed by atoms with van der Waals surface area (Å²) in [4.78, 5) is 8.70. The van der Waals surface area contributed by atoms with Gasteiger partial charge < -0.3 is 5.32 Å². The first-order chi connectivity index (χ1) is 12.7. The minimum atomic E-state index is 0.575. The fourth-order valence-electron chi connectivity index (χ4n) is 2.73. The molecule has 26 heavy (non-hydrogen) atoms.